The van der Waals surface area contributed by atoms with Gasteiger partial charge in [-0.25, -0.2) is 9.48 Å². The summed E-state index contributed by atoms with van der Waals surface area (Å²) in [6, 6.07) is 16.0. The Morgan fingerprint density at radius 2 is 1.83 bits per heavy atom. The lowest BCUT2D eigenvalue weighted by Gasteiger charge is -2.08. The van der Waals surface area contributed by atoms with Gasteiger partial charge in [0.1, 0.15) is 0 Å². The molecule has 0 bridgehead atoms. The summed E-state index contributed by atoms with van der Waals surface area (Å²) < 4.78 is 8.06. The lowest BCUT2D eigenvalue weighted by atomic mass is 10.2. The van der Waals surface area contributed by atoms with Gasteiger partial charge in [0.05, 0.1) is 16.9 Å². The van der Waals surface area contributed by atoms with Crippen LogP contribution in [0.2, 0.25) is 5.02 Å². The second-order valence-corrected chi connectivity index (χ2v) is 6.46. The first-order valence-corrected chi connectivity index (χ1v) is 8.56. The quantitative estimate of drug-likeness (QED) is 0.569. The number of aromatic nitrogens is 2. The number of ether oxygens (including phenoxy) is 1. The molecule has 0 saturated heterocycles. The number of carbonyl (C=O) groups is 1. The number of hydrogen-bond acceptors (Lipinski definition) is 3. The molecule has 0 radical (unpaired) electrons. The summed E-state index contributed by atoms with van der Waals surface area (Å²) in [5.41, 5.74) is 2.08. The molecule has 0 spiro atoms. The molecule has 2 aromatic carbocycles. The Kier molecular flexibility index (Phi) is 5.02. The standard InChI is InChI=1S/C18H14BrClN2O2/c1-2-15-11-17(22(21-15)16-9-7-14(20)8-10-16)24-18(23)12-3-5-13(19)6-4-12/h3-11H,2H2,1H3. The van der Waals surface area contributed by atoms with Crippen LogP contribution in [-0.4, -0.2) is 15.7 Å². The van der Waals surface area contributed by atoms with Crippen LogP contribution in [0, 0.1) is 0 Å². The van der Waals surface area contributed by atoms with E-state index in [1.165, 1.54) is 0 Å². The molecule has 24 heavy (non-hydrogen) atoms. The number of halogens is 2. The molecule has 0 aliphatic heterocycles. The number of hydrogen-bond donors (Lipinski definition) is 0. The summed E-state index contributed by atoms with van der Waals surface area (Å²) >= 11 is 9.27. The Balaban J connectivity index is 1.92. The summed E-state index contributed by atoms with van der Waals surface area (Å²) in [5.74, 6) is -0.0534. The van der Waals surface area contributed by atoms with Crippen LogP contribution in [0.5, 0.6) is 5.88 Å². The molecule has 0 fully saturated rings. The zero-order chi connectivity index (χ0) is 17.1. The van der Waals surface area contributed by atoms with Crippen molar-refractivity contribution >= 4 is 33.5 Å². The first-order valence-electron chi connectivity index (χ1n) is 7.39. The minimum absolute atomic E-state index is 0.377. The van der Waals surface area contributed by atoms with E-state index in [2.05, 4.69) is 21.0 Å². The highest BCUT2D eigenvalue weighted by molar-refractivity contribution is 9.10. The van der Waals surface area contributed by atoms with Gasteiger partial charge >= 0.3 is 5.97 Å². The van der Waals surface area contributed by atoms with E-state index in [0.29, 0.717) is 16.5 Å². The average molecular weight is 406 g/mol. The third-order valence-electron chi connectivity index (χ3n) is 3.44. The van der Waals surface area contributed by atoms with E-state index in [1.54, 1.807) is 47.1 Å². The topological polar surface area (TPSA) is 44.1 Å². The van der Waals surface area contributed by atoms with Crippen molar-refractivity contribution in [3.8, 4) is 11.6 Å². The predicted octanol–water partition coefficient (Wildman–Crippen LogP) is 5.07. The summed E-state index contributed by atoms with van der Waals surface area (Å²) in [7, 11) is 0. The maximum Gasteiger partial charge on any atom is 0.344 e. The zero-order valence-corrected chi connectivity index (χ0v) is 15.2. The van der Waals surface area contributed by atoms with Gasteiger partial charge in [0.25, 0.3) is 0 Å². The monoisotopic (exact) mass is 404 g/mol. The Morgan fingerprint density at radius 1 is 1.17 bits per heavy atom. The fourth-order valence-electron chi connectivity index (χ4n) is 2.16. The van der Waals surface area contributed by atoms with Crippen molar-refractivity contribution in [3.05, 3.63) is 75.4 Å². The van der Waals surface area contributed by atoms with E-state index < -0.39 is 5.97 Å². The minimum Gasteiger partial charge on any atom is -0.404 e. The molecule has 3 rings (SSSR count). The number of carbonyl (C=O) groups excluding carboxylic acids is 1. The SMILES string of the molecule is CCc1cc(OC(=O)c2ccc(Br)cc2)n(-c2ccc(Cl)cc2)n1. The summed E-state index contributed by atoms with van der Waals surface area (Å²) in [5, 5.41) is 5.11. The second-order valence-electron chi connectivity index (χ2n) is 5.11. The Morgan fingerprint density at radius 3 is 2.46 bits per heavy atom. The maximum absolute atomic E-state index is 12.4. The van der Waals surface area contributed by atoms with Crippen LogP contribution >= 0.6 is 27.5 Å². The van der Waals surface area contributed by atoms with Crippen molar-refractivity contribution in [2.45, 2.75) is 13.3 Å². The van der Waals surface area contributed by atoms with E-state index in [-0.39, 0.29) is 0 Å². The number of nitrogens with zero attached hydrogens (tertiary/aromatic N) is 2. The van der Waals surface area contributed by atoms with Crippen LogP contribution < -0.4 is 4.74 Å². The van der Waals surface area contributed by atoms with E-state index in [0.717, 1.165) is 22.3 Å². The molecule has 0 N–H and O–H groups in total. The van der Waals surface area contributed by atoms with Crippen LogP contribution in [0.3, 0.4) is 0 Å². The summed E-state index contributed by atoms with van der Waals surface area (Å²) in [6.07, 6.45) is 0.740. The van der Waals surface area contributed by atoms with E-state index in [9.17, 15) is 4.79 Å². The van der Waals surface area contributed by atoms with Gasteiger partial charge in [-0.05, 0) is 55.0 Å². The van der Waals surface area contributed by atoms with Gasteiger partial charge in [0.15, 0.2) is 0 Å². The van der Waals surface area contributed by atoms with Crippen molar-refractivity contribution in [1.29, 1.82) is 0 Å². The van der Waals surface area contributed by atoms with E-state index in [1.807, 2.05) is 19.1 Å². The molecule has 0 aliphatic rings. The van der Waals surface area contributed by atoms with Crippen LogP contribution in [0.1, 0.15) is 23.0 Å². The maximum atomic E-state index is 12.4. The van der Waals surface area contributed by atoms with Crippen LogP contribution in [0.15, 0.2) is 59.1 Å². The Labute approximate surface area is 153 Å². The van der Waals surface area contributed by atoms with Gasteiger partial charge in [-0.15, -0.1) is 0 Å². The number of rotatable bonds is 4. The molecular weight excluding hydrogens is 392 g/mol. The average Bonchev–Trinajstić information content (AvgIpc) is 2.99. The largest absolute Gasteiger partial charge is 0.404 e. The van der Waals surface area contributed by atoms with Gasteiger partial charge in [-0.2, -0.15) is 5.10 Å². The summed E-state index contributed by atoms with van der Waals surface area (Å²) in [6.45, 7) is 1.99. The van der Waals surface area contributed by atoms with Gasteiger partial charge in [-0.1, -0.05) is 34.5 Å². The van der Waals surface area contributed by atoms with E-state index >= 15 is 0 Å². The van der Waals surface area contributed by atoms with Crippen molar-refractivity contribution in [3.63, 3.8) is 0 Å². The Bertz CT molecular complexity index is 858. The minimum atomic E-state index is -0.430. The molecule has 0 atom stereocenters. The van der Waals surface area contributed by atoms with Crippen molar-refractivity contribution in [2.24, 2.45) is 0 Å². The predicted molar refractivity (Wildman–Crippen MR) is 97.1 cm³/mol. The molecule has 0 unspecified atom stereocenters. The Hall–Kier alpha value is -2.11. The normalized spacial score (nSPS) is 10.6. The fourth-order valence-corrected chi connectivity index (χ4v) is 2.55. The van der Waals surface area contributed by atoms with Crippen molar-refractivity contribution in [1.82, 2.24) is 9.78 Å². The molecule has 0 saturated carbocycles. The molecule has 4 nitrogen and oxygen atoms in total. The molecule has 1 heterocycles. The lowest BCUT2D eigenvalue weighted by Crippen LogP contribution is -2.11. The molecule has 0 aliphatic carbocycles. The summed E-state index contributed by atoms with van der Waals surface area (Å²) in [4.78, 5) is 12.4. The molecule has 122 valence electrons. The van der Waals surface area contributed by atoms with Gasteiger partial charge in [0.2, 0.25) is 5.88 Å². The number of benzene rings is 2. The van der Waals surface area contributed by atoms with Crippen LogP contribution in [-0.2, 0) is 6.42 Å². The first-order chi connectivity index (χ1) is 11.6. The molecular formula is C18H14BrClN2O2. The van der Waals surface area contributed by atoms with Crippen molar-refractivity contribution < 1.29 is 9.53 Å². The van der Waals surface area contributed by atoms with Gasteiger partial charge in [0, 0.05) is 15.6 Å². The highest BCUT2D eigenvalue weighted by Gasteiger charge is 2.15. The number of aryl methyl sites for hydroxylation is 1. The third kappa shape index (κ3) is 3.68. The van der Waals surface area contributed by atoms with Crippen LogP contribution in [0.25, 0.3) is 5.69 Å². The second kappa shape index (κ2) is 7.20. The first kappa shape index (κ1) is 16.7. The molecule has 6 heteroatoms. The lowest BCUT2D eigenvalue weighted by molar-refractivity contribution is 0.0723. The molecule has 0 amide bonds. The highest BCUT2D eigenvalue weighted by Crippen LogP contribution is 2.23. The fraction of sp³-hybridized carbons (Fsp3) is 0.111. The molecule has 3 aromatic rings. The number of esters is 1. The van der Waals surface area contributed by atoms with Gasteiger partial charge in [-0.3, -0.25) is 0 Å². The van der Waals surface area contributed by atoms with Gasteiger partial charge < -0.3 is 4.74 Å². The zero-order valence-electron chi connectivity index (χ0n) is 12.9. The van der Waals surface area contributed by atoms with Crippen LogP contribution in [0.4, 0.5) is 0 Å². The van der Waals surface area contributed by atoms with E-state index in [4.69, 9.17) is 16.3 Å². The highest BCUT2D eigenvalue weighted by atomic mass is 79.9. The smallest absolute Gasteiger partial charge is 0.344 e. The third-order valence-corrected chi connectivity index (χ3v) is 4.22. The molecule has 1 aromatic heterocycles. The van der Waals surface area contributed by atoms with Crippen molar-refractivity contribution in [2.75, 3.05) is 0 Å².